The Morgan fingerprint density at radius 1 is 1.33 bits per heavy atom. The van der Waals surface area contributed by atoms with E-state index in [9.17, 15) is 0 Å². The van der Waals surface area contributed by atoms with Crippen molar-refractivity contribution in [3.05, 3.63) is 46.5 Å². The quantitative estimate of drug-likeness (QED) is 0.763. The maximum Gasteiger partial charge on any atom is 0.0435 e. The SMILES string of the molecule is Cc1cc(CC2(N)CC=CC2)ccc1Cl. The van der Waals surface area contributed by atoms with Gasteiger partial charge in [0.15, 0.2) is 0 Å². The van der Waals surface area contributed by atoms with E-state index < -0.39 is 0 Å². The van der Waals surface area contributed by atoms with Crippen LogP contribution < -0.4 is 5.73 Å². The molecule has 80 valence electrons. The van der Waals surface area contributed by atoms with E-state index in [-0.39, 0.29) is 5.54 Å². The van der Waals surface area contributed by atoms with Crippen molar-refractivity contribution >= 4 is 11.6 Å². The number of halogens is 1. The molecule has 1 aromatic rings. The summed E-state index contributed by atoms with van der Waals surface area (Å²) in [6.07, 6.45) is 7.23. The lowest BCUT2D eigenvalue weighted by Gasteiger charge is -2.23. The van der Waals surface area contributed by atoms with Crippen LogP contribution in [0.15, 0.2) is 30.4 Å². The van der Waals surface area contributed by atoms with Crippen LogP contribution >= 0.6 is 11.6 Å². The predicted molar refractivity (Wildman–Crippen MR) is 65.2 cm³/mol. The van der Waals surface area contributed by atoms with Gasteiger partial charge in [-0.3, -0.25) is 0 Å². The maximum absolute atomic E-state index is 6.28. The number of aryl methyl sites for hydroxylation is 1. The fourth-order valence-corrected chi connectivity index (χ4v) is 2.20. The standard InChI is InChI=1S/C13H16ClN/c1-10-8-11(4-5-12(10)14)9-13(15)6-2-3-7-13/h2-5,8H,6-7,9,15H2,1H3. The first-order valence-electron chi connectivity index (χ1n) is 5.28. The molecule has 0 radical (unpaired) electrons. The Labute approximate surface area is 95.9 Å². The zero-order valence-electron chi connectivity index (χ0n) is 8.96. The van der Waals surface area contributed by atoms with Gasteiger partial charge in [0.1, 0.15) is 0 Å². The molecule has 0 amide bonds. The van der Waals surface area contributed by atoms with Crippen LogP contribution in [0.3, 0.4) is 0 Å². The Kier molecular flexibility index (Phi) is 2.85. The summed E-state index contributed by atoms with van der Waals surface area (Å²) in [5, 5.41) is 0.828. The number of hydrogen-bond donors (Lipinski definition) is 1. The Balaban J connectivity index is 2.14. The Morgan fingerprint density at radius 2 is 2.00 bits per heavy atom. The van der Waals surface area contributed by atoms with Crippen molar-refractivity contribution in [2.75, 3.05) is 0 Å². The molecule has 0 aromatic heterocycles. The molecule has 0 fully saturated rings. The van der Waals surface area contributed by atoms with Crippen molar-refractivity contribution in [3.8, 4) is 0 Å². The smallest absolute Gasteiger partial charge is 0.0435 e. The molecule has 1 aliphatic carbocycles. The number of nitrogens with two attached hydrogens (primary N) is 1. The van der Waals surface area contributed by atoms with Gasteiger partial charge in [0.25, 0.3) is 0 Å². The minimum atomic E-state index is -0.0692. The highest BCUT2D eigenvalue weighted by atomic mass is 35.5. The van der Waals surface area contributed by atoms with Crippen LogP contribution in [0.25, 0.3) is 0 Å². The molecule has 0 aliphatic heterocycles. The minimum absolute atomic E-state index is 0.0692. The van der Waals surface area contributed by atoms with Crippen LogP contribution in [-0.4, -0.2) is 5.54 Å². The van der Waals surface area contributed by atoms with Crippen molar-refractivity contribution in [2.45, 2.75) is 31.7 Å². The highest BCUT2D eigenvalue weighted by Crippen LogP contribution is 2.26. The van der Waals surface area contributed by atoms with E-state index in [1.807, 2.05) is 13.0 Å². The van der Waals surface area contributed by atoms with Gasteiger partial charge in [-0.2, -0.15) is 0 Å². The van der Waals surface area contributed by atoms with Crippen LogP contribution in [0.2, 0.25) is 5.02 Å². The predicted octanol–water partition coefficient (Wildman–Crippen LogP) is 3.24. The van der Waals surface area contributed by atoms with E-state index in [0.29, 0.717) is 0 Å². The summed E-state index contributed by atoms with van der Waals surface area (Å²) in [5.41, 5.74) is 8.62. The average molecular weight is 222 g/mol. The topological polar surface area (TPSA) is 26.0 Å². The number of rotatable bonds is 2. The molecule has 0 atom stereocenters. The van der Waals surface area contributed by atoms with Crippen molar-refractivity contribution < 1.29 is 0 Å². The van der Waals surface area contributed by atoms with Crippen molar-refractivity contribution in [3.63, 3.8) is 0 Å². The molecule has 0 saturated carbocycles. The summed E-state index contributed by atoms with van der Waals surface area (Å²) in [5.74, 6) is 0. The lowest BCUT2D eigenvalue weighted by Crippen LogP contribution is -2.39. The molecule has 15 heavy (non-hydrogen) atoms. The summed E-state index contributed by atoms with van der Waals surface area (Å²) >= 11 is 5.99. The second-order valence-electron chi connectivity index (χ2n) is 4.50. The van der Waals surface area contributed by atoms with Crippen LogP contribution in [-0.2, 0) is 6.42 Å². The lowest BCUT2D eigenvalue weighted by molar-refractivity contribution is 0.453. The fourth-order valence-electron chi connectivity index (χ4n) is 2.09. The Morgan fingerprint density at radius 3 is 2.60 bits per heavy atom. The second kappa shape index (κ2) is 3.99. The van der Waals surface area contributed by atoms with E-state index in [2.05, 4.69) is 24.3 Å². The number of benzene rings is 1. The van der Waals surface area contributed by atoms with E-state index in [1.54, 1.807) is 0 Å². The molecule has 0 saturated heterocycles. The van der Waals surface area contributed by atoms with E-state index in [1.165, 1.54) is 5.56 Å². The third-order valence-corrected chi connectivity index (χ3v) is 3.42. The van der Waals surface area contributed by atoms with Crippen molar-refractivity contribution in [2.24, 2.45) is 5.73 Å². The molecule has 0 spiro atoms. The van der Waals surface area contributed by atoms with Gasteiger partial charge in [-0.05, 0) is 43.4 Å². The fraction of sp³-hybridized carbons (Fsp3) is 0.385. The van der Waals surface area contributed by atoms with Gasteiger partial charge in [-0.15, -0.1) is 0 Å². The van der Waals surface area contributed by atoms with E-state index in [0.717, 1.165) is 29.8 Å². The highest BCUT2D eigenvalue weighted by Gasteiger charge is 2.25. The van der Waals surface area contributed by atoms with E-state index >= 15 is 0 Å². The summed E-state index contributed by atoms with van der Waals surface area (Å²) in [7, 11) is 0. The first-order chi connectivity index (χ1) is 7.09. The van der Waals surface area contributed by atoms with Crippen LogP contribution in [0.1, 0.15) is 24.0 Å². The van der Waals surface area contributed by atoms with Crippen molar-refractivity contribution in [1.82, 2.24) is 0 Å². The molecular weight excluding hydrogens is 206 g/mol. The van der Waals surface area contributed by atoms with E-state index in [4.69, 9.17) is 17.3 Å². The molecular formula is C13H16ClN. The minimum Gasteiger partial charge on any atom is -0.324 e. The second-order valence-corrected chi connectivity index (χ2v) is 4.91. The molecule has 0 unspecified atom stereocenters. The van der Waals surface area contributed by atoms with Crippen LogP contribution in [0, 0.1) is 6.92 Å². The summed E-state index contributed by atoms with van der Waals surface area (Å²) in [6, 6.07) is 6.16. The van der Waals surface area contributed by atoms with Gasteiger partial charge in [0, 0.05) is 10.6 Å². The third kappa shape index (κ3) is 2.42. The maximum atomic E-state index is 6.28. The molecule has 2 heteroatoms. The Bertz CT molecular complexity index is 388. The summed E-state index contributed by atoms with van der Waals surface area (Å²) in [4.78, 5) is 0. The zero-order chi connectivity index (χ0) is 10.9. The largest absolute Gasteiger partial charge is 0.324 e. The Hall–Kier alpha value is -0.790. The molecule has 1 aromatic carbocycles. The van der Waals surface area contributed by atoms with Gasteiger partial charge >= 0.3 is 0 Å². The van der Waals surface area contributed by atoms with Gasteiger partial charge in [0.2, 0.25) is 0 Å². The van der Waals surface area contributed by atoms with Gasteiger partial charge in [-0.25, -0.2) is 0 Å². The summed E-state index contributed by atoms with van der Waals surface area (Å²) in [6.45, 7) is 2.03. The van der Waals surface area contributed by atoms with Crippen molar-refractivity contribution in [1.29, 1.82) is 0 Å². The molecule has 0 bridgehead atoms. The summed E-state index contributed by atoms with van der Waals surface area (Å²) < 4.78 is 0. The third-order valence-electron chi connectivity index (χ3n) is 2.99. The molecule has 1 aliphatic rings. The molecule has 2 rings (SSSR count). The van der Waals surface area contributed by atoms with Gasteiger partial charge in [-0.1, -0.05) is 35.9 Å². The average Bonchev–Trinajstić information content (AvgIpc) is 2.59. The first-order valence-corrected chi connectivity index (χ1v) is 5.66. The monoisotopic (exact) mass is 221 g/mol. The first kappa shape index (κ1) is 10.7. The normalized spacial score (nSPS) is 18.3. The zero-order valence-corrected chi connectivity index (χ0v) is 9.72. The van der Waals surface area contributed by atoms with Crippen LogP contribution in [0.5, 0.6) is 0 Å². The van der Waals surface area contributed by atoms with Crippen LogP contribution in [0.4, 0.5) is 0 Å². The highest BCUT2D eigenvalue weighted by molar-refractivity contribution is 6.31. The lowest BCUT2D eigenvalue weighted by atomic mass is 9.89. The molecule has 0 heterocycles. The number of hydrogen-bond acceptors (Lipinski definition) is 1. The molecule has 2 N–H and O–H groups in total. The van der Waals surface area contributed by atoms with Gasteiger partial charge in [0.05, 0.1) is 0 Å². The molecule has 1 nitrogen and oxygen atoms in total. The van der Waals surface area contributed by atoms with Gasteiger partial charge < -0.3 is 5.73 Å².